The average molecular weight is 390 g/mol. The van der Waals surface area contributed by atoms with E-state index < -0.39 is 0 Å². The van der Waals surface area contributed by atoms with Gasteiger partial charge in [0.2, 0.25) is 0 Å². The fraction of sp³-hybridized carbons (Fsp3) is 0.118. The van der Waals surface area contributed by atoms with E-state index in [0.717, 1.165) is 25.7 Å². The molecule has 0 bridgehead atoms. The van der Waals surface area contributed by atoms with Gasteiger partial charge in [-0.05, 0) is 40.8 Å². The number of carbonyl (C=O) groups is 1. The Kier molecular flexibility index (Phi) is 3.71. The summed E-state index contributed by atoms with van der Waals surface area (Å²) >= 11 is 2.25. The summed E-state index contributed by atoms with van der Waals surface area (Å²) in [5, 5.41) is 0.989. The molecule has 1 heterocycles. The maximum atomic E-state index is 12.8. The van der Waals surface area contributed by atoms with Crippen LogP contribution in [0.25, 0.3) is 10.9 Å². The van der Waals surface area contributed by atoms with Gasteiger partial charge < -0.3 is 9.47 Å². The van der Waals surface area contributed by atoms with Crippen LogP contribution in [0.2, 0.25) is 0 Å². The van der Waals surface area contributed by atoms with Gasteiger partial charge in [-0.3, -0.25) is 4.79 Å². The first-order valence-electron chi connectivity index (χ1n) is 6.66. The number of rotatable bonds is 2. The molecule has 3 rings (SSSR count). The van der Waals surface area contributed by atoms with Crippen LogP contribution in [0.4, 0.5) is 5.69 Å². The molecule has 0 aliphatic carbocycles. The van der Waals surface area contributed by atoms with Gasteiger partial charge in [-0.15, -0.1) is 0 Å². The first kappa shape index (κ1) is 14.1. The topological polar surface area (TPSA) is 25.2 Å². The van der Waals surface area contributed by atoms with E-state index in [1.165, 1.54) is 0 Å². The summed E-state index contributed by atoms with van der Waals surface area (Å²) < 4.78 is 3.05. The van der Waals surface area contributed by atoms with Crippen molar-refractivity contribution in [3.8, 4) is 0 Å². The summed E-state index contributed by atoms with van der Waals surface area (Å²) in [4.78, 5) is 14.5. The molecule has 4 heteroatoms. The zero-order valence-corrected chi connectivity index (χ0v) is 14.0. The number of fused-ring (bicyclic) bond motifs is 1. The molecule has 0 fully saturated rings. The largest absolute Gasteiger partial charge is 0.350 e. The van der Waals surface area contributed by atoms with Crippen LogP contribution in [-0.4, -0.2) is 17.5 Å². The third kappa shape index (κ3) is 2.44. The Morgan fingerprint density at radius 1 is 1.10 bits per heavy atom. The molecule has 0 saturated heterocycles. The number of carbonyl (C=O) groups excluding carboxylic acids is 1. The first-order chi connectivity index (χ1) is 10.1. The molecule has 21 heavy (non-hydrogen) atoms. The summed E-state index contributed by atoms with van der Waals surface area (Å²) in [7, 11) is 3.78. The maximum absolute atomic E-state index is 12.8. The standard InChI is InChI=1S/C17H15IN2O/c1-19-11-13(12-7-3-5-9-15(12)19)17(21)20(2)16-10-6-4-8-14(16)18/h3-11H,1-2H3. The summed E-state index contributed by atoms with van der Waals surface area (Å²) in [5.74, 6) is 0.0101. The summed E-state index contributed by atoms with van der Waals surface area (Å²) in [6.45, 7) is 0. The highest BCUT2D eigenvalue weighted by atomic mass is 127. The lowest BCUT2D eigenvalue weighted by Gasteiger charge is -2.18. The maximum Gasteiger partial charge on any atom is 0.260 e. The van der Waals surface area contributed by atoms with Gasteiger partial charge in [0, 0.05) is 34.8 Å². The van der Waals surface area contributed by atoms with Crippen molar-refractivity contribution >= 4 is 45.1 Å². The van der Waals surface area contributed by atoms with E-state index in [2.05, 4.69) is 22.6 Å². The molecule has 0 aliphatic heterocycles. The smallest absolute Gasteiger partial charge is 0.260 e. The minimum Gasteiger partial charge on any atom is -0.350 e. The van der Waals surface area contributed by atoms with Crippen molar-refractivity contribution < 1.29 is 4.79 Å². The quantitative estimate of drug-likeness (QED) is 0.606. The third-order valence-corrected chi connectivity index (χ3v) is 4.56. The van der Waals surface area contributed by atoms with Crippen LogP contribution in [0.5, 0.6) is 0 Å². The normalized spacial score (nSPS) is 10.8. The number of para-hydroxylation sites is 2. The summed E-state index contributed by atoms with van der Waals surface area (Å²) in [6, 6.07) is 15.9. The van der Waals surface area contributed by atoms with Crippen LogP contribution in [-0.2, 0) is 7.05 Å². The van der Waals surface area contributed by atoms with Gasteiger partial charge in [0.25, 0.3) is 5.91 Å². The monoisotopic (exact) mass is 390 g/mol. The molecule has 0 atom stereocenters. The molecule has 106 valence electrons. The second-order valence-corrected chi connectivity index (χ2v) is 6.15. The number of aromatic nitrogens is 1. The molecule has 0 N–H and O–H groups in total. The number of aryl methyl sites for hydroxylation is 1. The molecule has 3 nitrogen and oxygen atoms in total. The van der Waals surface area contributed by atoms with Gasteiger partial charge in [0.15, 0.2) is 0 Å². The van der Waals surface area contributed by atoms with Crippen molar-refractivity contribution in [2.75, 3.05) is 11.9 Å². The number of nitrogens with zero attached hydrogens (tertiary/aromatic N) is 2. The van der Waals surface area contributed by atoms with E-state index in [9.17, 15) is 4.79 Å². The second-order valence-electron chi connectivity index (χ2n) is 4.99. The molecule has 3 aromatic rings. The summed E-state index contributed by atoms with van der Waals surface area (Å²) in [6.07, 6.45) is 1.90. The molecular formula is C17H15IN2O. The molecule has 0 unspecified atom stereocenters. The lowest BCUT2D eigenvalue weighted by Crippen LogP contribution is -2.26. The van der Waals surface area contributed by atoms with Crippen molar-refractivity contribution in [2.24, 2.45) is 7.05 Å². The van der Waals surface area contributed by atoms with Crippen molar-refractivity contribution in [1.29, 1.82) is 0 Å². The van der Waals surface area contributed by atoms with Crippen LogP contribution in [0, 0.1) is 3.57 Å². The number of hydrogen-bond acceptors (Lipinski definition) is 1. The minimum absolute atomic E-state index is 0.0101. The van der Waals surface area contributed by atoms with Gasteiger partial charge in [0.1, 0.15) is 0 Å². The molecule has 2 aromatic carbocycles. The van der Waals surface area contributed by atoms with Crippen LogP contribution in [0.15, 0.2) is 54.7 Å². The van der Waals surface area contributed by atoms with E-state index in [1.807, 2.05) is 73.4 Å². The molecule has 0 spiro atoms. The number of benzene rings is 2. The van der Waals surface area contributed by atoms with Crippen LogP contribution in [0.3, 0.4) is 0 Å². The van der Waals surface area contributed by atoms with Gasteiger partial charge >= 0.3 is 0 Å². The number of hydrogen-bond donors (Lipinski definition) is 0. The molecule has 1 amide bonds. The molecule has 1 aromatic heterocycles. The van der Waals surface area contributed by atoms with Crippen molar-refractivity contribution in [3.63, 3.8) is 0 Å². The van der Waals surface area contributed by atoms with Gasteiger partial charge in [-0.1, -0.05) is 30.3 Å². The zero-order valence-electron chi connectivity index (χ0n) is 11.9. The van der Waals surface area contributed by atoms with E-state index in [-0.39, 0.29) is 5.91 Å². The van der Waals surface area contributed by atoms with Gasteiger partial charge in [0.05, 0.1) is 11.3 Å². The third-order valence-electron chi connectivity index (χ3n) is 3.65. The fourth-order valence-electron chi connectivity index (χ4n) is 2.53. The fourth-order valence-corrected chi connectivity index (χ4v) is 3.28. The Labute approximate surface area is 137 Å². The zero-order chi connectivity index (χ0) is 15.0. The highest BCUT2D eigenvalue weighted by Crippen LogP contribution is 2.26. The molecule has 0 aliphatic rings. The highest BCUT2D eigenvalue weighted by Gasteiger charge is 2.19. The Balaban J connectivity index is 2.07. The second kappa shape index (κ2) is 5.52. The Hall–Kier alpha value is -1.82. The molecular weight excluding hydrogens is 375 g/mol. The predicted octanol–water partition coefficient (Wildman–Crippen LogP) is 4.06. The molecule has 0 radical (unpaired) electrons. The van der Waals surface area contributed by atoms with Gasteiger partial charge in [-0.2, -0.15) is 0 Å². The molecule has 0 saturated carbocycles. The van der Waals surface area contributed by atoms with Crippen molar-refractivity contribution in [3.05, 3.63) is 63.9 Å². The lowest BCUT2D eigenvalue weighted by atomic mass is 10.1. The van der Waals surface area contributed by atoms with Crippen LogP contribution in [0.1, 0.15) is 10.4 Å². The van der Waals surface area contributed by atoms with Crippen LogP contribution < -0.4 is 4.90 Å². The van der Waals surface area contributed by atoms with Gasteiger partial charge in [-0.25, -0.2) is 0 Å². The Morgan fingerprint density at radius 2 is 1.76 bits per heavy atom. The SMILES string of the molecule is CN(C(=O)c1cn(C)c2ccccc12)c1ccccc1I. The highest BCUT2D eigenvalue weighted by molar-refractivity contribution is 14.1. The van der Waals surface area contributed by atoms with Crippen molar-refractivity contribution in [1.82, 2.24) is 4.57 Å². The first-order valence-corrected chi connectivity index (χ1v) is 7.74. The lowest BCUT2D eigenvalue weighted by molar-refractivity contribution is 0.0994. The predicted molar refractivity (Wildman–Crippen MR) is 94.8 cm³/mol. The number of amides is 1. The number of anilines is 1. The van der Waals surface area contributed by atoms with Crippen molar-refractivity contribution in [2.45, 2.75) is 0 Å². The Morgan fingerprint density at radius 3 is 2.52 bits per heavy atom. The van der Waals surface area contributed by atoms with Crippen LogP contribution >= 0.6 is 22.6 Å². The van der Waals surface area contributed by atoms with E-state index in [4.69, 9.17) is 0 Å². The van der Waals surface area contributed by atoms with E-state index in [0.29, 0.717) is 0 Å². The van der Waals surface area contributed by atoms with E-state index >= 15 is 0 Å². The minimum atomic E-state index is 0.0101. The van der Waals surface area contributed by atoms with E-state index in [1.54, 1.807) is 4.90 Å². The summed E-state index contributed by atoms with van der Waals surface area (Å²) in [5.41, 5.74) is 2.73. The average Bonchev–Trinajstić information content (AvgIpc) is 2.84. The Bertz CT molecular complexity index is 823. The number of halogens is 1.